The van der Waals surface area contributed by atoms with Crippen molar-refractivity contribution in [1.29, 1.82) is 5.26 Å². The lowest BCUT2D eigenvalue weighted by atomic mass is 10.0. The minimum absolute atomic E-state index is 0. The summed E-state index contributed by atoms with van der Waals surface area (Å²) in [5.41, 5.74) is 21.2. The number of methoxy groups -OCH3 is 4. The third-order valence-electron chi connectivity index (χ3n) is 17.0. The van der Waals surface area contributed by atoms with Gasteiger partial charge in [-0.05, 0) is 182 Å². The van der Waals surface area contributed by atoms with Crippen molar-refractivity contribution in [3.05, 3.63) is 307 Å². The molecule has 5 nitrogen and oxygen atoms in total. The lowest BCUT2D eigenvalue weighted by Gasteiger charge is -2.11. The van der Waals surface area contributed by atoms with Gasteiger partial charge in [-0.2, -0.15) is 5.26 Å². The summed E-state index contributed by atoms with van der Waals surface area (Å²) in [5.74, 6) is 7.08. The van der Waals surface area contributed by atoms with E-state index < -0.39 is 0 Å². The highest BCUT2D eigenvalue weighted by atomic mass is 16.5. The number of rotatable bonds is 18. The maximum absolute atomic E-state index is 8.59. The van der Waals surface area contributed by atoms with Crippen molar-refractivity contribution in [2.45, 2.75) is 260 Å². The van der Waals surface area contributed by atoms with Crippen LogP contribution in [0.2, 0.25) is 0 Å². The van der Waals surface area contributed by atoms with Gasteiger partial charge in [0.15, 0.2) is 11.5 Å². The first-order valence-electron chi connectivity index (χ1n) is 36.9. The molecule has 0 bridgehead atoms. The summed E-state index contributed by atoms with van der Waals surface area (Å²) in [6.45, 7) is 49.6. The van der Waals surface area contributed by atoms with Gasteiger partial charge < -0.3 is 18.9 Å². The maximum Gasteiger partial charge on any atom is 0.160 e. The second-order valence-corrected chi connectivity index (χ2v) is 28.2. The largest absolute Gasteiger partial charge is 0.493 e. The summed E-state index contributed by atoms with van der Waals surface area (Å²) in [6.07, 6.45) is 3.41. The van der Waals surface area contributed by atoms with Crippen molar-refractivity contribution in [1.82, 2.24) is 0 Å². The van der Waals surface area contributed by atoms with Crippen LogP contribution in [0.25, 0.3) is 0 Å². The normalized spacial score (nSPS) is 10.1. The van der Waals surface area contributed by atoms with E-state index in [4.69, 9.17) is 24.2 Å². The summed E-state index contributed by atoms with van der Waals surface area (Å²) in [4.78, 5) is 0. The molecule has 0 aliphatic heterocycles. The molecule has 0 fully saturated rings. The van der Waals surface area contributed by atoms with E-state index in [0.717, 1.165) is 36.3 Å². The molecule has 9 rings (SSSR count). The molecule has 0 N–H and O–H groups in total. The Morgan fingerprint density at radius 3 is 0.845 bits per heavy atom. The molecular formula is C98H145NO4. The number of aryl methyl sites for hydroxylation is 4. The smallest absolute Gasteiger partial charge is 0.160 e. The van der Waals surface area contributed by atoms with Gasteiger partial charge in [0.05, 0.1) is 39.1 Å². The zero-order valence-corrected chi connectivity index (χ0v) is 67.1. The minimum Gasteiger partial charge on any atom is -0.493 e. The Balaban J connectivity index is -0.00000109. The summed E-state index contributed by atoms with van der Waals surface area (Å²) in [6, 6.07) is 78.9. The van der Waals surface area contributed by atoms with Crippen LogP contribution in [-0.2, 0) is 41.9 Å². The van der Waals surface area contributed by atoms with E-state index in [9.17, 15) is 0 Å². The molecule has 0 aliphatic rings. The third kappa shape index (κ3) is 42.4. The predicted octanol–water partition coefficient (Wildman–Crippen LogP) is 29.4. The van der Waals surface area contributed by atoms with Crippen molar-refractivity contribution >= 4 is 0 Å². The van der Waals surface area contributed by atoms with Crippen LogP contribution in [0.3, 0.4) is 0 Å². The first-order chi connectivity index (χ1) is 47.6. The van der Waals surface area contributed by atoms with Gasteiger partial charge >= 0.3 is 0 Å². The SMILES string of the molecule is C.C.C.CC(C)c1cccc(C#N)c1.CC(C)c1ccccc1.CCc1ccc(C(C)C)cc1.CCc1ccc(C(C)C)cc1.CCc1ccc(C(C)C)cc1.COCc1ccc(C(C)C)cc1.COCc1cccc(C(C)C)c1.COc1ccc(C(C)C)cc1OC.Cc1ccc(C(C)C)cc1. The molecule has 9 aromatic carbocycles. The first-order valence-corrected chi connectivity index (χ1v) is 36.9. The van der Waals surface area contributed by atoms with Gasteiger partial charge in [0.2, 0.25) is 0 Å². The predicted molar refractivity (Wildman–Crippen MR) is 457 cm³/mol. The van der Waals surface area contributed by atoms with E-state index in [1.807, 2.05) is 42.5 Å². The summed E-state index contributed by atoms with van der Waals surface area (Å²) in [5, 5.41) is 8.59. The number of ether oxygens (including phenoxy) is 4. The average Bonchev–Trinajstić information content (AvgIpc) is 0.864. The zero-order chi connectivity index (χ0) is 75.1. The molecule has 0 radical (unpaired) electrons. The molecule has 0 amide bonds. The standard InChI is InChI=1S/C11H16O2.2C11H16O.3C11H16.C10H11N.C10H14.C9H12.3CH4/c1-8(2)9-5-6-10(12-3)11(7-9)13-4;1-9(2)11-6-4-10(5-7-11)8-12-3;1-9(2)11-6-4-5-10(7-11)8-12-3;3*1-4-10-5-7-11(8-6-10)9(2)3;1-8(2)10-5-3-4-9(6-10)7-11;1-8(2)10-6-4-9(3)5-7-10;1-8(2)9-6-4-3-5-7-9;;;/h5-8H,1-4H3;2*4-7,9H,8H2,1-3H3;3*5-9H,4H2,1-3H3;3-6,8H,1-2H3;4-8H,1-3H3;3-8H,1-2H3;3*1H4. The third-order valence-corrected chi connectivity index (χ3v) is 17.0. The monoisotopic (exact) mass is 1400 g/mol. The lowest BCUT2D eigenvalue weighted by molar-refractivity contribution is 0.185. The van der Waals surface area contributed by atoms with Crippen molar-refractivity contribution in [3.63, 3.8) is 0 Å². The van der Waals surface area contributed by atoms with Gasteiger partial charge in [0.1, 0.15) is 0 Å². The molecule has 0 saturated heterocycles. The Labute approximate surface area is 634 Å². The van der Waals surface area contributed by atoms with Crippen LogP contribution in [0.5, 0.6) is 11.5 Å². The van der Waals surface area contributed by atoms with Crippen molar-refractivity contribution in [2.75, 3.05) is 28.4 Å². The molecule has 0 heterocycles. The molecule has 0 unspecified atom stereocenters. The number of nitrogens with zero attached hydrogens (tertiary/aromatic N) is 1. The lowest BCUT2D eigenvalue weighted by Crippen LogP contribution is -1.93. The Bertz CT molecular complexity index is 3390. The Morgan fingerprint density at radius 2 is 0.544 bits per heavy atom. The highest BCUT2D eigenvalue weighted by Gasteiger charge is 2.07. The summed E-state index contributed by atoms with van der Waals surface area (Å²) >= 11 is 0. The minimum atomic E-state index is 0. The number of hydrogen-bond acceptors (Lipinski definition) is 5. The van der Waals surface area contributed by atoms with Gasteiger partial charge in [-0.3, -0.25) is 0 Å². The number of hydrogen-bond donors (Lipinski definition) is 0. The summed E-state index contributed by atoms with van der Waals surface area (Å²) < 4.78 is 20.4. The fourth-order valence-corrected chi connectivity index (χ4v) is 9.76. The average molecular weight is 1400 g/mol. The van der Waals surface area contributed by atoms with Crippen LogP contribution in [0.1, 0.15) is 310 Å². The van der Waals surface area contributed by atoms with E-state index in [0.29, 0.717) is 66.5 Å². The van der Waals surface area contributed by atoms with Crippen LogP contribution in [-0.4, -0.2) is 28.4 Å². The molecule has 0 aliphatic carbocycles. The van der Waals surface area contributed by atoms with E-state index in [1.165, 1.54) is 83.5 Å². The number of benzene rings is 9. The molecule has 566 valence electrons. The highest BCUT2D eigenvalue weighted by Crippen LogP contribution is 2.30. The topological polar surface area (TPSA) is 60.7 Å². The second kappa shape index (κ2) is 57.4. The van der Waals surface area contributed by atoms with Crippen LogP contribution in [0.15, 0.2) is 218 Å². The van der Waals surface area contributed by atoms with Crippen LogP contribution < -0.4 is 9.47 Å². The molecule has 0 aromatic heterocycles. The van der Waals surface area contributed by atoms with Gasteiger partial charge in [-0.15, -0.1) is 0 Å². The van der Waals surface area contributed by atoms with Gasteiger partial charge in [0, 0.05) is 14.2 Å². The van der Waals surface area contributed by atoms with Crippen molar-refractivity contribution < 1.29 is 18.9 Å². The summed E-state index contributed by atoms with van der Waals surface area (Å²) in [7, 11) is 6.74. The Kier molecular flexibility index (Phi) is 55.3. The molecule has 103 heavy (non-hydrogen) atoms. The van der Waals surface area contributed by atoms with Gasteiger partial charge in [0.25, 0.3) is 0 Å². The molecule has 9 aromatic rings. The van der Waals surface area contributed by atoms with Crippen molar-refractivity contribution in [2.24, 2.45) is 0 Å². The molecule has 5 heteroatoms. The molecule has 0 saturated carbocycles. The van der Waals surface area contributed by atoms with Crippen molar-refractivity contribution in [3.8, 4) is 17.6 Å². The Morgan fingerprint density at radius 1 is 0.272 bits per heavy atom. The fourth-order valence-electron chi connectivity index (χ4n) is 9.76. The number of nitriles is 1. The maximum atomic E-state index is 8.59. The second-order valence-electron chi connectivity index (χ2n) is 28.2. The van der Waals surface area contributed by atoms with E-state index in [2.05, 4.69) is 334 Å². The van der Waals surface area contributed by atoms with E-state index in [1.54, 1.807) is 28.4 Å². The van der Waals surface area contributed by atoms with Gasteiger partial charge in [-0.25, -0.2) is 0 Å². The van der Waals surface area contributed by atoms with E-state index >= 15 is 0 Å². The zero-order valence-electron chi connectivity index (χ0n) is 67.1. The Hall–Kier alpha value is -8.01. The first kappa shape index (κ1) is 99.2. The van der Waals surface area contributed by atoms with Gasteiger partial charge in [-0.1, -0.05) is 367 Å². The van der Waals surface area contributed by atoms with Crippen LogP contribution >= 0.6 is 0 Å². The van der Waals surface area contributed by atoms with Crippen LogP contribution in [0.4, 0.5) is 0 Å². The highest BCUT2D eigenvalue weighted by molar-refractivity contribution is 5.44. The molecule has 0 spiro atoms. The molecular weight excluding hydrogens is 1260 g/mol. The fraction of sp³-hybridized carbons (Fsp3) is 0.439. The van der Waals surface area contributed by atoms with Crippen LogP contribution in [0, 0.1) is 18.3 Å². The molecule has 0 atom stereocenters. The van der Waals surface area contributed by atoms with E-state index in [-0.39, 0.29) is 22.3 Å². The quantitative estimate of drug-likeness (QED) is 0.0857.